The number of aromatic nitrogens is 1. The number of sulfonamides is 1. The van der Waals surface area contributed by atoms with E-state index in [2.05, 4.69) is 34.7 Å². The summed E-state index contributed by atoms with van der Waals surface area (Å²) in [5, 5.41) is 9.53. The largest absolute Gasteiger partial charge is 0.419 e. The summed E-state index contributed by atoms with van der Waals surface area (Å²) >= 11 is 0. The van der Waals surface area contributed by atoms with Gasteiger partial charge < -0.3 is 14.2 Å². The van der Waals surface area contributed by atoms with Crippen molar-refractivity contribution in [3.63, 3.8) is 0 Å². The summed E-state index contributed by atoms with van der Waals surface area (Å²) in [5.74, 6) is 1.20. The Bertz CT molecular complexity index is 1050. The molecule has 1 aromatic carbocycles. The molecule has 2 aliphatic heterocycles. The first-order chi connectivity index (χ1) is 14.9. The fourth-order valence-corrected chi connectivity index (χ4v) is 5.87. The monoisotopic (exact) mass is 443 g/mol. The molecule has 2 aliphatic rings. The number of benzene rings is 1. The van der Waals surface area contributed by atoms with Crippen molar-refractivity contribution in [2.75, 3.05) is 50.7 Å². The molecule has 0 bridgehead atoms. The van der Waals surface area contributed by atoms with Gasteiger partial charge >= 0.3 is 0 Å². The van der Waals surface area contributed by atoms with Gasteiger partial charge in [0, 0.05) is 44.8 Å². The molecule has 0 amide bonds. The van der Waals surface area contributed by atoms with Crippen LogP contribution in [0, 0.1) is 17.2 Å². The van der Waals surface area contributed by atoms with Crippen molar-refractivity contribution in [3.8, 4) is 17.5 Å². The van der Waals surface area contributed by atoms with E-state index in [-0.39, 0.29) is 10.6 Å². The molecule has 166 valence electrons. The van der Waals surface area contributed by atoms with Crippen molar-refractivity contribution in [2.24, 2.45) is 5.92 Å². The highest BCUT2D eigenvalue weighted by molar-refractivity contribution is 7.89. The van der Waals surface area contributed by atoms with Crippen LogP contribution >= 0.6 is 0 Å². The SMILES string of the molecule is CCN1CCN(c2oc(-c3ccc(S(=O)(=O)N4CCC[C@@H](C)C4)cc3)nc2C#N)CC1. The number of piperazine rings is 1. The van der Waals surface area contributed by atoms with Gasteiger partial charge in [0.05, 0.1) is 4.90 Å². The Balaban J connectivity index is 1.54. The van der Waals surface area contributed by atoms with Crippen molar-refractivity contribution in [3.05, 3.63) is 30.0 Å². The summed E-state index contributed by atoms with van der Waals surface area (Å²) in [7, 11) is -3.51. The number of oxazole rings is 1. The number of likely N-dealkylation sites (N-methyl/N-ethyl adjacent to an activating group) is 1. The van der Waals surface area contributed by atoms with Crippen LogP contribution in [-0.4, -0.2) is 68.4 Å². The number of nitriles is 1. The zero-order chi connectivity index (χ0) is 22.0. The van der Waals surface area contributed by atoms with Crippen LogP contribution in [0.3, 0.4) is 0 Å². The zero-order valence-corrected chi connectivity index (χ0v) is 18.9. The molecule has 0 N–H and O–H groups in total. The van der Waals surface area contributed by atoms with E-state index in [1.165, 1.54) is 0 Å². The smallest absolute Gasteiger partial charge is 0.243 e. The molecule has 4 rings (SSSR count). The summed E-state index contributed by atoms with van der Waals surface area (Å²) in [6, 6.07) is 8.72. The lowest BCUT2D eigenvalue weighted by molar-refractivity contribution is 0.266. The molecular formula is C22H29N5O3S. The second-order valence-electron chi connectivity index (χ2n) is 8.34. The zero-order valence-electron chi connectivity index (χ0n) is 18.1. The van der Waals surface area contributed by atoms with Gasteiger partial charge in [0.25, 0.3) is 0 Å². The number of hydrogen-bond donors (Lipinski definition) is 0. The fourth-order valence-electron chi connectivity index (χ4n) is 4.27. The van der Waals surface area contributed by atoms with Crippen molar-refractivity contribution < 1.29 is 12.8 Å². The fraction of sp³-hybridized carbons (Fsp3) is 0.545. The van der Waals surface area contributed by atoms with Crippen molar-refractivity contribution in [1.82, 2.24) is 14.2 Å². The molecule has 0 unspecified atom stereocenters. The van der Waals surface area contributed by atoms with Crippen LogP contribution in [0.25, 0.3) is 11.5 Å². The van der Waals surface area contributed by atoms with Gasteiger partial charge in [-0.25, -0.2) is 8.42 Å². The minimum atomic E-state index is -3.51. The minimum Gasteiger partial charge on any atom is -0.419 e. The second-order valence-corrected chi connectivity index (χ2v) is 10.3. The predicted molar refractivity (Wildman–Crippen MR) is 118 cm³/mol. The van der Waals surface area contributed by atoms with Gasteiger partial charge in [0.2, 0.25) is 27.5 Å². The van der Waals surface area contributed by atoms with E-state index in [9.17, 15) is 13.7 Å². The lowest BCUT2D eigenvalue weighted by Gasteiger charge is -2.33. The topological polar surface area (TPSA) is 93.7 Å². The molecule has 9 heteroatoms. The summed E-state index contributed by atoms with van der Waals surface area (Å²) in [6.45, 7) is 9.74. The summed E-state index contributed by atoms with van der Waals surface area (Å²) in [6.07, 6.45) is 1.95. The van der Waals surface area contributed by atoms with Crippen LogP contribution in [0.4, 0.5) is 5.88 Å². The second kappa shape index (κ2) is 8.99. The molecule has 2 aromatic rings. The molecule has 2 fully saturated rings. The molecule has 2 saturated heterocycles. The van der Waals surface area contributed by atoms with Gasteiger partial charge in [-0.15, -0.1) is 0 Å². The number of hydrogen-bond acceptors (Lipinski definition) is 7. The van der Waals surface area contributed by atoms with Gasteiger partial charge in [0.1, 0.15) is 6.07 Å². The Morgan fingerprint density at radius 1 is 1.16 bits per heavy atom. The standard InChI is InChI=1S/C22H29N5O3S/c1-3-25-11-13-26(14-12-25)22-20(15-23)24-21(30-22)18-6-8-19(9-7-18)31(28,29)27-10-4-5-17(2)16-27/h6-9,17H,3-5,10-14,16H2,1-2H3/t17-/m1/s1. The lowest BCUT2D eigenvalue weighted by atomic mass is 10.0. The molecule has 0 spiro atoms. The molecule has 31 heavy (non-hydrogen) atoms. The molecule has 0 saturated carbocycles. The van der Waals surface area contributed by atoms with Crippen LogP contribution in [0.2, 0.25) is 0 Å². The third-order valence-electron chi connectivity index (χ3n) is 6.18. The summed E-state index contributed by atoms with van der Waals surface area (Å²) in [4.78, 5) is 9.04. The van der Waals surface area contributed by atoms with Crippen molar-refractivity contribution >= 4 is 15.9 Å². The average Bonchev–Trinajstić information content (AvgIpc) is 3.24. The van der Waals surface area contributed by atoms with E-state index in [1.807, 2.05) is 0 Å². The lowest BCUT2D eigenvalue weighted by Crippen LogP contribution is -2.46. The number of rotatable bonds is 5. The third kappa shape index (κ3) is 4.47. The highest BCUT2D eigenvalue weighted by Gasteiger charge is 2.29. The van der Waals surface area contributed by atoms with Crippen LogP contribution < -0.4 is 4.90 Å². The van der Waals surface area contributed by atoms with Gasteiger partial charge in [-0.2, -0.15) is 14.6 Å². The van der Waals surface area contributed by atoms with E-state index in [1.54, 1.807) is 28.6 Å². The first kappa shape index (κ1) is 21.8. The maximum Gasteiger partial charge on any atom is 0.243 e. The van der Waals surface area contributed by atoms with Crippen LogP contribution in [-0.2, 0) is 10.0 Å². The van der Waals surface area contributed by atoms with Gasteiger partial charge in [-0.05, 0) is 49.6 Å². The van der Waals surface area contributed by atoms with Crippen LogP contribution in [0.1, 0.15) is 32.4 Å². The van der Waals surface area contributed by atoms with Crippen molar-refractivity contribution in [1.29, 1.82) is 5.26 Å². The van der Waals surface area contributed by atoms with Gasteiger partial charge in [-0.1, -0.05) is 13.8 Å². The molecule has 0 radical (unpaired) electrons. The highest BCUT2D eigenvalue weighted by Crippen LogP contribution is 2.30. The molecule has 8 nitrogen and oxygen atoms in total. The average molecular weight is 444 g/mol. The minimum absolute atomic E-state index is 0.263. The van der Waals surface area contributed by atoms with E-state index < -0.39 is 10.0 Å². The van der Waals surface area contributed by atoms with E-state index in [0.29, 0.717) is 36.3 Å². The van der Waals surface area contributed by atoms with E-state index in [4.69, 9.17) is 4.42 Å². The normalized spacial score (nSPS) is 21.2. The van der Waals surface area contributed by atoms with Crippen LogP contribution in [0.15, 0.2) is 33.6 Å². The van der Waals surface area contributed by atoms with Crippen molar-refractivity contribution in [2.45, 2.75) is 31.6 Å². The Kier molecular flexibility index (Phi) is 6.32. The Morgan fingerprint density at radius 3 is 2.48 bits per heavy atom. The Morgan fingerprint density at radius 2 is 1.87 bits per heavy atom. The van der Waals surface area contributed by atoms with Gasteiger partial charge in [0.15, 0.2) is 0 Å². The molecule has 0 aliphatic carbocycles. The van der Waals surface area contributed by atoms with E-state index >= 15 is 0 Å². The predicted octanol–water partition coefficient (Wildman–Crippen LogP) is 2.78. The maximum atomic E-state index is 13.0. The first-order valence-electron chi connectivity index (χ1n) is 10.9. The quantitative estimate of drug-likeness (QED) is 0.701. The Labute approximate surface area is 184 Å². The molecule has 1 atom stereocenters. The summed E-state index contributed by atoms with van der Waals surface area (Å²) < 4.78 is 33.5. The third-order valence-corrected chi connectivity index (χ3v) is 8.06. The molecule has 1 aromatic heterocycles. The first-order valence-corrected chi connectivity index (χ1v) is 12.3. The molecular weight excluding hydrogens is 414 g/mol. The highest BCUT2D eigenvalue weighted by atomic mass is 32.2. The van der Waals surface area contributed by atoms with E-state index in [0.717, 1.165) is 45.6 Å². The number of piperidine rings is 1. The molecule has 3 heterocycles. The number of nitrogens with zero attached hydrogens (tertiary/aromatic N) is 5. The Hall–Kier alpha value is -2.41. The summed E-state index contributed by atoms with van der Waals surface area (Å²) in [5.41, 5.74) is 0.917. The van der Waals surface area contributed by atoms with Crippen LogP contribution in [0.5, 0.6) is 0 Å². The maximum absolute atomic E-state index is 13.0. The number of anilines is 1. The van der Waals surface area contributed by atoms with Gasteiger partial charge in [-0.3, -0.25) is 0 Å².